The predicted molar refractivity (Wildman–Crippen MR) is 277 cm³/mol. The number of ether oxygens (including phenoxy) is 2. The summed E-state index contributed by atoms with van der Waals surface area (Å²) < 4.78 is 19.0. The van der Waals surface area contributed by atoms with E-state index in [2.05, 4.69) is 49.1 Å². The van der Waals surface area contributed by atoms with Crippen molar-refractivity contribution < 1.29 is 38.5 Å². The monoisotopic (exact) mass is 986 g/mol. The first-order valence-corrected chi connectivity index (χ1v) is 27.5. The van der Waals surface area contributed by atoms with Gasteiger partial charge in [0.15, 0.2) is 8.32 Å². The molecular weight excluding hydrogens is 921 g/mol. The number of nitrogens with zero attached hydrogens (tertiary/aromatic N) is 2. The van der Waals surface area contributed by atoms with E-state index in [1.807, 2.05) is 76.3 Å². The molecule has 6 aromatic rings. The van der Waals surface area contributed by atoms with Crippen molar-refractivity contribution in [3.8, 4) is 16.2 Å². The second-order valence-corrected chi connectivity index (χ2v) is 26.6. The van der Waals surface area contributed by atoms with Crippen LogP contribution < -0.4 is 10.9 Å². The van der Waals surface area contributed by atoms with Gasteiger partial charge in [0.05, 0.1) is 24.7 Å². The summed E-state index contributed by atoms with van der Waals surface area (Å²) in [5.74, 6) is -1.05. The Morgan fingerprint density at radius 3 is 2.23 bits per heavy atom. The molecule has 3 heterocycles. The van der Waals surface area contributed by atoms with E-state index in [9.17, 15) is 29.4 Å². The number of thiophene rings is 1. The molecule has 4 aromatic carbocycles. The van der Waals surface area contributed by atoms with Crippen molar-refractivity contribution in [2.45, 2.75) is 109 Å². The summed E-state index contributed by atoms with van der Waals surface area (Å²) >= 11 is 1.50. The summed E-state index contributed by atoms with van der Waals surface area (Å²) in [6.45, 7) is 18.2. The van der Waals surface area contributed by atoms with E-state index in [4.69, 9.17) is 13.9 Å². The highest BCUT2D eigenvalue weighted by molar-refractivity contribution is 7.15. The van der Waals surface area contributed by atoms with Gasteiger partial charge in [0.1, 0.15) is 17.5 Å². The summed E-state index contributed by atoms with van der Waals surface area (Å²) in [6, 6.07) is 33.5. The molecule has 2 amide bonds. The zero-order chi connectivity index (χ0) is 50.6. The number of aromatic nitrogens is 1. The van der Waals surface area contributed by atoms with E-state index in [1.54, 1.807) is 59.5 Å². The maximum atomic E-state index is 14.0. The summed E-state index contributed by atoms with van der Waals surface area (Å²) in [5, 5.41) is 26.5. The number of aromatic hydroxyl groups is 1. The van der Waals surface area contributed by atoms with Gasteiger partial charge in [0, 0.05) is 52.0 Å². The molecule has 7 rings (SSSR count). The molecule has 0 aliphatic carbocycles. The number of pyridine rings is 1. The normalized spacial score (nSPS) is 15.2. The highest BCUT2D eigenvalue weighted by Crippen LogP contribution is 2.42. The maximum Gasteiger partial charge on any atom is 0.410 e. The number of piperidine rings is 1. The maximum absolute atomic E-state index is 14.0. The minimum Gasteiger partial charge on any atom is -0.506 e. The summed E-state index contributed by atoms with van der Waals surface area (Å²) in [6.07, 6.45) is -0.0922. The number of benzene rings is 4. The fourth-order valence-corrected chi connectivity index (χ4v) is 10.4. The molecule has 70 heavy (non-hydrogen) atoms. The van der Waals surface area contributed by atoms with Crippen LogP contribution in [0.25, 0.3) is 21.3 Å². The molecule has 0 saturated carbocycles. The molecule has 4 N–H and O–H groups in total. The molecule has 0 unspecified atom stereocenters. The van der Waals surface area contributed by atoms with Crippen LogP contribution in [0.4, 0.5) is 4.79 Å². The fraction of sp³-hybridized carbons (Fsp3) is 0.382. The molecule has 1 fully saturated rings. The standard InChI is InChI=1S/C55H66N4O9SSi/c1-53(2,3)67-52(64)59(35-46(68-70(8,9)54(4,5)6)43-23-25-45(60)49-44(43)24-27-48(61)57-49)34-36-18-20-37(21-19-36)50(62)56-33-42-22-26-47(69-42)38-14-13-17-40(32-38)55(65,39-15-11-10-12-16-39)51(63)66-41-28-30-58(7)31-29-41/h10-27,32,41,46,60,65H,28-31,33-35H2,1-9H3,(H,56,62)(H,57,61)/t46-,55-/m0/s1. The lowest BCUT2D eigenvalue weighted by molar-refractivity contribution is -0.169. The van der Waals surface area contributed by atoms with Gasteiger partial charge in [-0.25, -0.2) is 9.59 Å². The van der Waals surface area contributed by atoms with Crippen molar-refractivity contribution in [3.63, 3.8) is 0 Å². The molecule has 370 valence electrons. The quantitative estimate of drug-likeness (QED) is 0.0574. The van der Waals surface area contributed by atoms with Crippen LogP contribution in [0.15, 0.2) is 120 Å². The average Bonchev–Trinajstić information content (AvgIpc) is 3.80. The Morgan fingerprint density at radius 1 is 0.871 bits per heavy atom. The minimum atomic E-state index is -2.49. The number of likely N-dealkylation sites (tertiary alicyclic amines) is 1. The van der Waals surface area contributed by atoms with Crippen molar-refractivity contribution >= 4 is 48.5 Å². The van der Waals surface area contributed by atoms with Crippen molar-refractivity contribution in [1.29, 1.82) is 0 Å². The number of fused-ring (bicyclic) bond motifs is 1. The zero-order valence-corrected chi connectivity index (χ0v) is 43.4. The highest BCUT2D eigenvalue weighted by atomic mass is 32.1. The van der Waals surface area contributed by atoms with Gasteiger partial charge in [-0.05, 0) is 124 Å². The average molecular weight is 987 g/mol. The molecule has 2 aromatic heterocycles. The van der Waals surface area contributed by atoms with Crippen LogP contribution in [0, 0.1) is 0 Å². The van der Waals surface area contributed by atoms with Gasteiger partial charge < -0.3 is 44.2 Å². The molecule has 1 saturated heterocycles. The number of rotatable bonds is 15. The molecule has 0 radical (unpaired) electrons. The second kappa shape index (κ2) is 21.1. The van der Waals surface area contributed by atoms with E-state index >= 15 is 0 Å². The van der Waals surface area contributed by atoms with Crippen molar-refractivity contribution in [2.75, 3.05) is 26.7 Å². The van der Waals surface area contributed by atoms with E-state index in [0.29, 0.717) is 40.5 Å². The van der Waals surface area contributed by atoms with E-state index in [0.717, 1.165) is 34.0 Å². The van der Waals surface area contributed by atoms with Crippen LogP contribution in [0.1, 0.15) is 98.0 Å². The van der Waals surface area contributed by atoms with E-state index in [-0.39, 0.29) is 53.5 Å². The smallest absolute Gasteiger partial charge is 0.410 e. The Balaban J connectivity index is 1.06. The molecular formula is C55H66N4O9SSi. The number of H-pyrrole nitrogens is 1. The SMILES string of the molecule is CN1CCC(OC(=O)[C@](O)(c2ccccc2)c2cccc(-c3ccc(CNC(=O)c4ccc(CN(C[C@H](O[Si](C)(C)C(C)(C)C)c5ccc(O)c6[nH]c(=O)ccc56)C(=O)OC(C)(C)C)cc4)s3)c2)CC1. The van der Waals surface area contributed by atoms with E-state index < -0.39 is 37.7 Å². The van der Waals surface area contributed by atoms with Gasteiger partial charge in [-0.3, -0.25) is 9.59 Å². The molecule has 0 spiro atoms. The number of esters is 1. The van der Waals surface area contributed by atoms with Gasteiger partial charge in [0.2, 0.25) is 11.2 Å². The first kappa shape index (κ1) is 51.7. The first-order valence-electron chi connectivity index (χ1n) is 23.8. The van der Waals surface area contributed by atoms with Gasteiger partial charge >= 0.3 is 12.1 Å². The third-order valence-electron chi connectivity index (χ3n) is 13.2. The van der Waals surface area contributed by atoms with Crippen LogP contribution in [-0.2, 0) is 37.4 Å². The molecule has 2 atom stereocenters. The lowest BCUT2D eigenvalue weighted by Crippen LogP contribution is -2.45. The number of amides is 2. The lowest BCUT2D eigenvalue weighted by Gasteiger charge is -2.41. The summed E-state index contributed by atoms with van der Waals surface area (Å²) in [5.41, 5.74) is 0.652. The summed E-state index contributed by atoms with van der Waals surface area (Å²) in [7, 11) is -0.447. The third-order valence-corrected chi connectivity index (χ3v) is 18.8. The molecule has 1 aliphatic heterocycles. The molecule has 1 aliphatic rings. The molecule has 15 heteroatoms. The van der Waals surface area contributed by atoms with Crippen LogP contribution in [0.5, 0.6) is 5.75 Å². The van der Waals surface area contributed by atoms with E-state index in [1.165, 1.54) is 23.5 Å². The zero-order valence-electron chi connectivity index (χ0n) is 41.6. The van der Waals surface area contributed by atoms with Crippen LogP contribution in [0.2, 0.25) is 18.1 Å². The van der Waals surface area contributed by atoms with Crippen molar-refractivity contribution in [1.82, 2.24) is 20.1 Å². The first-order chi connectivity index (χ1) is 33.0. The topological polar surface area (TPSA) is 171 Å². The van der Waals surface area contributed by atoms with Crippen molar-refractivity contribution in [3.05, 3.63) is 158 Å². The van der Waals surface area contributed by atoms with Crippen LogP contribution in [0.3, 0.4) is 0 Å². The Bertz CT molecular complexity index is 2860. The van der Waals surface area contributed by atoms with Crippen molar-refractivity contribution in [2.24, 2.45) is 0 Å². The van der Waals surface area contributed by atoms with Crippen LogP contribution >= 0.6 is 11.3 Å². The Morgan fingerprint density at radius 2 is 1.56 bits per heavy atom. The Labute approximate surface area is 415 Å². The Kier molecular flexibility index (Phi) is 15.6. The number of hydrogen-bond acceptors (Lipinski definition) is 11. The number of aromatic amines is 1. The number of aliphatic hydroxyl groups is 1. The fourth-order valence-electron chi connectivity index (χ4n) is 8.20. The Hall–Kier alpha value is -6.10. The van der Waals surface area contributed by atoms with Gasteiger partial charge in [-0.1, -0.05) is 87.5 Å². The third kappa shape index (κ3) is 12.2. The minimum absolute atomic E-state index is 0.0739. The van der Waals surface area contributed by atoms with Crippen LogP contribution in [-0.4, -0.2) is 89.7 Å². The number of hydrogen-bond donors (Lipinski definition) is 4. The number of nitrogens with one attached hydrogen (secondary N) is 2. The number of phenolic OH excluding ortho intramolecular Hbond substituents is 1. The second-order valence-electron chi connectivity index (χ2n) is 20.7. The predicted octanol–water partition coefficient (Wildman–Crippen LogP) is 10.3. The number of carbonyl (C=O) groups is 3. The number of carbonyl (C=O) groups excluding carboxylic acids is 3. The molecule has 13 nitrogen and oxygen atoms in total. The van der Waals surface area contributed by atoms with Gasteiger partial charge in [-0.15, -0.1) is 11.3 Å². The largest absolute Gasteiger partial charge is 0.506 e. The van der Waals surface area contributed by atoms with Gasteiger partial charge in [-0.2, -0.15) is 0 Å². The van der Waals surface area contributed by atoms with Gasteiger partial charge in [0.25, 0.3) is 5.91 Å². The highest BCUT2D eigenvalue weighted by Gasteiger charge is 2.44. The number of phenols is 1. The lowest BCUT2D eigenvalue weighted by atomic mass is 9.85. The molecule has 0 bridgehead atoms. The summed E-state index contributed by atoms with van der Waals surface area (Å²) in [4.78, 5) is 62.2.